The third-order valence-corrected chi connectivity index (χ3v) is 7.19. The Labute approximate surface area is 223 Å². The first-order valence-corrected chi connectivity index (χ1v) is 13.4. The van der Waals surface area contributed by atoms with Gasteiger partial charge in [0.05, 0.1) is 17.1 Å². The number of benzene rings is 4. The number of carbonyl (C=O) groups is 1. The Hall–Kier alpha value is -3.83. The first-order chi connectivity index (χ1) is 17.7. The third kappa shape index (κ3) is 5.18. The Bertz CT molecular complexity index is 1700. The molecule has 1 heterocycles. The second kappa shape index (κ2) is 9.91. The highest BCUT2D eigenvalue weighted by Gasteiger charge is 2.34. The molecule has 0 aliphatic carbocycles. The number of nitrogens with two attached hydrogens (primary N) is 1. The Morgan fingerprint density at radius 2 is 1.76 bits per heavy atom. The van der Waals surface area contributed by atoms with Crippen LogP contribution in [0.15, 0.2) is 94.9 Å². The number of sulfonamides is 1. The van der Waals surface area contributed by atoms with E-state index in [1.807, 2.05) is 42.5 Å². The van der Waals surface area contributed by atoms with Crippen LogP contribution in [0.5, 0.6) is 0 Å². The van der Waals surface area contributed by atoms with Gasteiger partial charge in [-0.25, -0.2) is 13.6 Å². The summed E-state index contributed by atoms with van der Waals surface area (Å²) in [6, 6.07) is 25.0. The molecule has 0 fully saturated rings. The van der Waals surface area contributed by atoms with Gasteiger partial charge in [0.15, 0.2) is 10.8 Å². The second-order valence-electron chi connectivity index (χ2n) is 8.29. The molecular weight excluding hydrogens is 530 g/mol. The van der Waals surface area contributed by atoms with E-state index in [4.69, 9.17) is 29.0 Å². The number of carbonyl (C=O) groups excluding carboxylic acids is 1. The molecule has 0 spiro atoms. The van der Waals surface area contributed by atoms with Gasteiger partial charge in [-0.15, -0.1) is 0 Å². The smallest absolute Gasteiger partial charge is 0.279 e. The van der Waals surface area contributed by atoms with Crippen molar-refractivity contribution < 1.29 is 13.2 Å². The first kappa shape index (κ1) is 24.8. The van der Waals surface area contributed by atoms with Gasteiger partial charge >= 0.3 is 0 Å². The molecule has 4 aromatic rings. The normalized spacial score (nSPS) is 14.2. The number of fused-ring (bicyclic) bond motifs is 2. The summed E-state index contributed by atoms with van der Waals surface area (Å²) in [5.41, 5.74) is 5.49. The lowest BCUT2D eigenvalue weighted by atomic mass is 10.0. The molecule has 4 aromatic carbocycles. The van der Waals surface area contributed by atoms with Crippen molar-refractivity contribution in [3.63, 3.8) is 0 Å². The van der Waals surface area contributed by atoms with Crippen LogP contribution in [0.4, 0.5) is 11.4 Å². The molecule has 1 amide bonds. The van der Waals surface area contributed by atoms with Crippen molar-refractivity contribution in [2.75, 3.05) is 10.2 Å². The Morgan fingerprint density at radius 3 is 2.57 bits per heavy atom. The summed E-state index contributed by atoms with van der Waals surface area (Å²) < 4.78 is 23.2. The molecular formula is C26H20ClN5O3S2. The monoisotopic (exact) mass is 549 g/mol. The number of nitrogens with zero attached hydrogens (tertiary/aromatic N) is 2. The van der Waals surface area contributed by atoms with Crippen LogP contribution in [0.3, 0.4) is 0 Å². The van der Waals surface area contributed by atoms with E-state index < -0.39 is 10.0 Å². The van der Waals surface area contributed by atoms with Crippen molar-refractivity contribution in [3.8, 4) is 0 Å². The second-order valence-corrected chi connectivity index (χ2v) is 10.7. The number of nitrogens with one attached hydrogen (secondary N) is 2. The van der Waals surface area contributed by atoms with Crippen molar-refractivity contribution >= 4 is 72.7 Å². The van der Waals surface area contributed by atoms with E-state index in [2.05, 4.69) is 15.8 Å². The van der Waals surface area contributed by atoms with Crippen LogP contribution in [0, 0.1) is 0 Å². The van der Waals surface area contributed by atoms with E-state index in [0.29, 0.717) is 28.5 Å². The largest absolute Gasteiger partial charge is 0.331 e. The molecule has 4 N–H and O–H groups in total. The lowest BCUT2D eigenvalue weighted by molar-refractivity contribution is -0.112. The summed E-state index contributed by atoms with van der Waals surface area (Å²) in [5, 5.41) is 15.0. The van der Waals surface area contributed by atoms with Crippen LogP contribution in [0.25, 0.3) is 10.8 Å². The van der Waals surface area contributed by atoms with E-state index in [0.717, 1.165) is 16.3 Å². The molecule has 11 heteroatoms. The fourth-order valence-electron chi connectivity index (χ4n) is 4.16. The average Bonchev–Trinajstić information content (AvgIpc) is 3.12. The van der Waals surface area contributed by atoms with E-state index in [1.54, 1.807) is 29.2 Å². The Morgan fingerprint density at radius 1 is 1.00 bits per heavy atom. The molecule has 186 valence electrons. The summed E-state index contributed by atoms with van der Waals surface area (Å²) in [5.74, 6) is -0.309. The summed E-state index contributed by atoms with van der Waals surface area (Å²) in [4.78, 5) is 15.1. The SMILES string of the molecule is NS(=O)(=O)c1cccc(NC(=S)NN=C2C(=O)N(Cc3cccc4ccccc34)c3cc(Cl)ccc32)c1. The first-order valence-electron chi connectivity index (χ1n) is 11.1. The third-order valence-electron chi connectivity index (χ3n) is 5.85. The maximum atomic E-state index is 13.5. The van der Waals surface area contributed by atoms with Crippen LogP contribution in [-0.4, -0.2) is 25.1 Å². The minimum absolute atomic E-state index is 0.0625. The highest BCUT2D eigenvalue weighted by molar-refractivity contribution is 7.89. The number of hydrogen-bond acceptors (Lipinski definition) is 5. The minimum atomic E-state index is -3.87. The molecule has 5 rings (SSSR count). The topological polar surface area (TPSA) is 117 Å². The van der Waals surface area contributed by atoms with E-state index >= 15 is 0 Å². The van der Waals surface area contributed by atoms with Gasteiger partial charge < -0.3 is 10.2 Å². The van der Waals surface area contributed by atoms with Gasteiger partial charge in [-0.3, -0.25) is 10.2 Å². The summed E-state index contributed by atoms with van der Waals surface area (Å²) >= 11 is 11.6. The van der Waals surface area contributed by atoms with Crippen molar-refractivity contribution in [2.45, 2.75) is 11.4 Å². The standard InChI is InChI=1S/C26H20ClN5O3S2/c27-18-11-12-22-23(13-18)32(15-17-7-3-6-16-5-1-2-10-21(16)17)25(33)24(22)30-31-26(36)29-19-8-4-9-20(14-19)37(28,34)35/h1-14H,15H2,(H2,28,34,35)(H2,29,31,36). The van der Waals surface area contributed by atoms with Crippen LogP contribution in [0.1, 0.15) is 11.1 Å². The molecule has 0 atom stereocenters. The van der Waals surface area contributed by atoms with E-state index in [-0.39, 0.29) is 21.6 Å². The lowest BCUT2D eigenvalue weighted by Crippen LogP contribution is -2.32. The Kier molecular flexibility index (Phi) is 6.65. The van der Waals surface area contributed by atoms with Gasteiger partial charge in [-0.1, -0.05) is 60.1 Å². The minimum Gasteiger partial charge on any atom is -0.331 e. The fourth-order valence-corrected chi connectivity index (χ4v) is 5.05. The maximum Gasteiger partial charge on any atom is 0.279 e. The van der Waals surface area contributed by atoms with Crippen molar-refractivity contribution in [1.29, 1.82) is 0 Å². The number of halogens is 1. The van der Waals surface area contributed by atoms with Crippen molar-refractivity contribution in [1.82, 2.24) is 5.43 Å². The van der Waals surface area contributed by atoms with Gasteiger partial charge in [0.2, 0.25) is 10.0 Å². The zero-order chi connectivity index (χ0) is 26.2. The van der Waals surface area contributed by atoms with Crippen molar-refractivity contribution in [2.24, 2.45) is 10.2 Å². The van der Waals surface area contributed by atoms with Gasteiger partial charge in [-0.05, 0) is 65.0 Å². The molecule has 0 radical (unpaired) electrons. The molecule has 1 aliphatic heterocycles. The zero-order valence-electron chi connectivity index (χ0n) is 19.2. The number of anilines is 2. The van der Waals surface area contributed by atoms with Gasteiger partial charge in [0.1, 0.15) is 0 Å². The number of hydrogen-bond donors (Lipinski definition) is 3. The van der Waals surface area contributed by atoms with Gasteiger partial charge in [0, 0.05) is 16.3 Å². The molecule has 8 nitrogen and oxygen atoms in total. The van der Waals surface area contributed by atoms with Gasteiger partial charge in [-0.2, -0.15) is 5.10 Å². The molecule has 1 aliphatic rings. The fraction of sp³-hybridized carbons (Fsp3) is 0.0385. The zero-order valence-corrected chi connectivity index (χ0v) is 21.6. The summed E-state index contributed by atoms with van der Waals surface area (Å²) in [7, 11) is -3.87. The predicted molar refractivity (Wildman–Crippen MR) is 150 cm³/mol. The lowest BCUT2D eigenvalue weighted by Gasteiger charge is -2.18. The van der Waals surface area contributed by atoms with E-state index in [1.165, 1.54) is 18.2 Å². The molecule has 0 saturated carbocycles. The van der Waals surface area contributed by atoms with Crippen LogP contribution >= 0.6 is 23.8 Å². The molecule has 0 bridgehead atoms. The summed E-state index contributed by atoms with van der Waals surface area (Å²) in [6.45, 7) is 0.329. The number of thiocarbonyl (C=S) groups is 1. The molecule has 37 heavy (non-hydrogen) atoms. The summed E-state index contributed by atoms with van der Waals surface area (Å²) in [6.07, 6.45) is 0. The number of hydrazone groups is 1. The number of rotatable bonds is 5. The van der Waals surface area contributed by atoms with Crippen molar-refractivity contribution in [3.05, 3.63) is 101 Å². The van der Waals surface area contributed by atoms with Crippen LogP contribution in [-0.2, 0) is 21.4 Å². The molecule has 0 unspecified atom stereocenters. The Balaban J connectivity index is 1.41. The highest BCUT2D eigenvalue weighted by Crippen LogP contribution is 2.34. The average molecular weight is 550 g/mol. The van der Waals surface area contributed by atoms with Crippen LogP contribution < -0.4 is 20.8 Å². The van der Waals surface area contributed by atoms with E-state index in [9.17, 15) is 13.2 Å². The highest BCUT2D eigenvalue weighted by atomic mass is 35.5. The number of amides is 1. The van der Waals surface area contributed by atoms with Crippen LogP contribution in [0.2, 0.25) is 5.02 Å². The molecule has 0 saturated heterocycles. The predicted octanol–water partition coefficient (Wildman–Crippen LogP) is 4.38. The number of primary sulfonamides is 1. The molecule has 0 aromatic heterocycles. The van der Waals surface area contributed by atoms with Gasteiger partial charge in [0.25, 0.3) is 5.91 Å². The quantitative estimate of drug-likeness (QED) is 0.251. The maximum absolute atomic E-state index is 13.5.